The molecule has 3 N–H and O–H groups in total. The molecule has 6 heteroatoms. The molecule has 134 valence electrons. The van der Waals surface area contributed by atoms with Crippen LogP contribution < -0.4 is 10.6 Å². The molecule has 0 heterocycles. The van der Waals surface area contributed by atoms with Crippen LogP contribution in [0.25, 0.3) is 0 Å². The lowest BCUT2D eigenvalue weighted by atomic mass is 9.54. The molecule has 0 unspecified atom stereocenters. The Morgan fingerprint density at radius 3 is 2.28 bits per heavy atom. The third-order valence-electron chi connectivity index (χ3n) is 6.19. The predicted octanol–water partition coefficient (Wildman–Crippen LogP) is 3.13. The zero-order valence-electron chi connectivity index (χ0n) is 14.3. The van der Waals surface area contributed by atoms with E-state index in [1.54, 1.807) is 6.07 Å². The number of nitrogens with one attached hydrogen (secondary N) is 2. The molecule has 4 saturated carbocycles. The van der Waals surface area contributed by atoms with Gasteiger partial charge in [0, 0.05) is 17.8 Å². The summed E-state index contributed by atoms with van der Waals surface area (Å²) in [5.74, 6) is 2.13. The van der Waals surface area contributed by atoms with Crippen LogP contribution in [0.1, 0.15) is 42.5 Å². The van der Waals surface area contributed by atoms with Gasteiger partial charge < -0.3 is 20.5 Å². The first-order valence-electron chi connectivity index (χ1n) is 9.02. The first kappa shape index (κ1) is 16.2. The first-order valence-corrected chi connectivity index (χ1v) is 9.02. The molecule has 0 atom stereocenters. The molecule has 0 aliphatic heterocycles. The van der Waals surface area contributed by atoms with E-state index in [4.69, 9.17) is 0 Å². The van der Waals surface area contributed by atoms with E-state index in [2.05, 4.69) is 15.4 Å². The molecule has 4 fully saturated rings. The fourth-order valence-electron chi connectivity index (χ4n) is 5.37. The normalized spacial score (nSPS) is 32.3. The lowest BCUT2D eigenvalue weighted by Crippen LogP contribution is -2.56. The fourth-order valence-corrected chi connectivity index (χ4v) is 5.37. The van der Waals surface area contributed by atoms with E-state index in [1.807, 2.05) is 0 Å². The number of carbonyl (C=O) groups excluding carboxylic acids is 2. The molecule has 0 aromatic heterocycles. The summed E-state index contributed by atoms with van der Waals surface area (Å²) in [6, 6.07) is 4.41. The second-order valence-corrected chi connectivity index (χ2v) is 7.78. The van der Waals surface area contributed by atoms with Gasteiger partial charge >= 0.3 is 12.0 Å². The molecule has 1 aromatic rings. The van der Waals surface area contributed by atoms with Crippen LogP contribution in [0.4, 0.5) is 10.5 Å². The molecule has 1 aromatic carbocycles. The van der Waals surface area contributed by atoms with Gasteiger partial charge in [0.2, 0.25) is 0 Å². The molecular weight excluding hydrogens is 320 g/mol. The number of carbonyl (C=O) groups is 2. The van der Waals surface area contributed by atoms with Crippen LogP contribution in [0, 0.1) is 23.7 Å². The zero-order valence-corrected chi connectivity index (χ0v) is 14.3. The minimum Gasteiger partial charge on any atom is -0.507 e. The smallest absolute Gasteiger partial charge is 0.341 e. The average Bonchev–Trinajstić information content (AvgIpc) is 2.57. The molecule has 4 bridgehead atoms. The SMILES string of the molecule is COC(=O)c1ccc(NC(=O)NC2C3CC4CC(C3)CC2C4)cc1O. The summed E-state index contributed by atoms with van der Waals surface area (Å²) >= 11 is 0. The second kappa shape index (κ2) is 6.24. The Labute approximate surface area is 146 Å². The van der Waals surface area contributed by atoms with Gasteiger partial charge in [0.05, 0.1) is 7.11 Å². The topological polar surface area (TPSA) is 87.7 Å². The molecule has 6 nitrogen and oxygen atoms in total. The highest BCUT2D eigenvalue weighted by Gasteiger charge is 2.48. The van der Waals surface area contributed by atoms with Gasteiger partial charge in [-0.3, -0.25) is 0 Å². The number of anilines is 1. The molecular formula is C19H24N2O4. The maximum Gasteiger partial charge on any atom is 0.341 e. The van der Waals surface area contributed by atoms with Crippen molar-refractivity contribution in [3.8, 4) is 5.75 Å². The average molecular weight is 344 g/mol. The van der Waals surface area contributed by atoms with Crippen molar-refractivity contribution in [2.45, 2.75) is 38.1 Å². The summed E-state index contributed by atoms with van der Waals surface area (Å²) in [6.07, 6.45) is 6.36. The van der Waals surface area contributed by atoms with Crippen molar-refractivity contribution in [1.29, 1.82) is 0 Å². The number of amides is 2. The standard InChI is InChI=1S/C19H24N2O4/c1-25-18(23)15-3-2-14(9-16(15)22)20-19(24)21-17-12-5-10-4-11(7-12)8-13(17)6-10/h2-3,9-13,17,22H,4-8H2,1H3,(H2,20,21,24). The van der Waals surface area contributed by atoms with E-state index >= 15 is 0 Å². The van der Waals surface area contributed by atoms with Crippen LogP contribution in [0.15, 0.2) is 18.2 Å². The van der Waals surface area contributed by atoms with Crippen LogP contribution in [-0.2, 0) is 4.74 Å². The minimum atomic E-state index is -0.609. The summed E-state index contributed by atoms with van der Waals surface area (Å²) < 4.78 is 4.59. The Morgan fingerprint density at radius 2 is 1.72 bits per heavy atom. The van der Waals surface area contributed by atoms with Crippen LogP contribution in [-0.4, -0.2) is 30.3 Å². The minimum absolute atomic E-state index is 0.0782. The molecule has 2 amide bonds. The van der Waals surface area contributed by atoms with Gasteiger partial charge in [-0.1, -0.05) is 0 Å². The number of ether oxygens (including phenoxy) is 1. The number of hydrogen-bond acceptors (Lipinski definition) is 4. The van der Waals surface area contributed by atoms with E-state index < -0.39 is 5.97 Å². The summed E-state index contributed by atoms with van der Waals surface area (Å²) in [7, 11) is 1.26. The largest absolute Gasteiger partial charge is 0.507 e. The third-order valence-corrected chi connectivity index (χ3v) is 6.19. The first-order chi connectivity index (χ1) is 12.0. The lowest BCUT2D eigenvalue weighted by molar-refractivity contribution is -0.00883. The Bertz CT molecular complexity index is 675. The van der Waals surface area contributed by atoms with E-state index in [-0.39, 0.29) is 23.4 Å². The maximum atomic E-state index is 12.4. The number of rotatable bonds is 3. The summed E-state index contributed by atoms with van der Waals surface area (Å²) in [4.78, 5) is 23.9. The highest BCUT2D eigenvalue weighted by atomic mass is 16.5. The summed E-state index contributed by atoms with van der Waals surface area (Å²) in [6.45, 7) is 0. The van der Waals surface area contributed by atoms with Crippen LogP contribution in [0.3, 0.4) is 0 Å². The Morgan fingerprint density at radius 1 is 1.08 bits per heavy atom. The van der Waals surface area contributed by atoms with Crippen molar-refractivity contribution in [3.05, 3.63) is 23.8 Å². The van der Waals surface area contributed by atoms with Crippen molar-refractivity contribution in [1.82, 2.24) is 5.32 Å². The lowest BCUT2D eigenvalue weighted by Gasteiger charge is -2.54. The number of phenolic OH excluding ortho intramolecular Hbond substituents is 1. The van der Waals surface area contributed by atoms with Gasteiger partial charge in [-0.25, -0.2) is 9.59 Å². The van der Waals surface area contributed by atoms with Crippen LogP contribution in [0.5, 0.6) is 5.75 Å². The van der Waals surface area contributed by atoms with Crippen molar-refractivity contribution in [2.24, 2.45) is 23.7 Å². The molecule has 0 saturated heterocycles. The van der Waals surface area contributed by atoms with Gasteiger partial charge in [0.25, 0.3) is 0 Å². The number of benzene rings is 1. The zero-order chi connectivity index (χ0) is 17.6. The van der Waals surface area contributed by atoms with Gasteiger partial charge in [0.1, 0.15) is 11.3 Å². The third kappa shape index (κ3) is 3.05. The van der Waals surface area contributed by atoms with Crippen LogP contribution >= 0.6 is 0 Å². The number of phenols is 1. The highest BCUT2D eigenvalue weighted by molar-refractivity contribution is 5.95. The van der Waals surface area contributed by atoms with Crippen molar-refractivity contribution < 1.29 is 19.4 Å². The number of esters is 1. The predicted molar refractivity (Wildman–Crippen MR) is 92.4 cm³/mol. The van der Waals surface area contributed by atoms with Crippen molar-refractivity contribution >= 4 is 17.7 Å². The van der Waals surface area contributed by atoms with E-state index in [9.17, 15) is 14.7 Å². The number of urea groups is 1. The number of methoxy groups -OCH3 is 1. The monoisotopic (exact) mass is 344 g/mol. The summed E-state index contributed by atoms with van der Waals surface area (Å²) in [5, 5.41) is 15.8. The Hall–Kier alpha value is -2.24. The van der Waals surface area contributed by atoms with Crippen molar-refractivity contribution in [2.75, 3.05) is 12.4 Å². The quantitative estimate of drug-likeness (QED) is 0.735. The van der Waals surface area contributed by atoms with Crippen LogP contribution in [0.2, 0.25) is 0 Å². The molecule has 4 aliphatic rings. The molecule has 0 spiro atoms. The Kier molecular flexibility index (Phi) is 4.06. The number of aromatic hydroxyl groups is 1. The molecule has 0 radical (unpaired) electrons. The fraction of sp³-hybridized carbons (Fsp3) is 0.579. The van der Waals surface area contributed by atoms with Gasteiger partial charge in [-0.05, 0) is 67.9 Å². The highest BCUT2D eigenvalue weighted by Crippen LogP contribution is 2.53. The van der Waals surface area contributed by atoms with Gasteiger partial charge in [0.15, 0.2) is 0 Å². The molecule has 4 aliphatic carbocycles. The number of hydrogen-bond donors (Lipinski definition) is 3. The van der Waals surface area contributed by atoms with E-state index in [1.165, 1.54) is 51.3 Å². The second-order valence-electron chi connectivity index (χ2n) is 7.78. The van der Waals surface area contributed by atoms with E-state index in [0.29, 0.717) is 17.5 Å². The molecule has 5 rings (SSSR count). The maximum absolute atomic E-state index is 12.4. The van der Waals surface area contributed by atoms with E-state index in [0.717, 1.165) is 11.8 Å². The van der Waals surface area contributed by atoms with Gasteiger partial charge in [-0.2, -0.15) is 0 Å². The Balaban J connectivity index is 1.39. The van der Waals surface area contributed by atoms with Gasteiger partial charge in [-0.15, -0.1) is 0 Å². The summed E-state index contributed by atoms with van der Waals surface area (Å²) in [5.41, 5.74) is 0.529. The van der Waals surface area contributed by atoms with Crippen molar-refractivity contribution in [3.63, 3.8) is 0 Å². The molecule has 25 heavy (non-hydrogen) atoms.